The van der Waals surface area contributed by atoms with Gasteiger partial charge in [0.1, 0.15) is 17.5 Å². The first-order valence-electron chi connectivity index (χ1n) is 10.6. The van der Waals surface area contributed by atoms with E-state index in [1.165, 1.54) is 4.90 Å². The molecule has 2 unspecified atom stereocenters. The first-order chi connectivity index (χ1) is 15.3. The second kappa shape index (κ2) is 12.6. The van der Waals surface area contributed by atoms with Crippen LogP contribution in [0.5, 0.6) is 11.5 Å². The Hall–Kier alpha value is -2.44. The SMILES string of the molecule is CCC(C)NC(=O)C(CC)N(Cc1c(Cl)cccc1Cl)C(=O)COc1ccc(OC)cc1. The number of methoxy groups -OCH3 is 1. The van der Waals surface area contributed by atoms with Gasteiger partial charge >= 0.3 is 0 Å². The Labute approximate surface area is 199 Å². The average molecular weight is 481 g/mol. The molecule has 0 spiro atoms. The van der Waals surface area contributed by atoms with Gasteiger partial charge in [0.2, 0.25) is 5.91 Å². The minimum Gasteiger partial charge on any atom is -0.497 e. The molecule has 2 amide bonds. The number of carbonyl (C=O) groups excluding carboxylic acids is 2. The van der Waals surface area contributed by atoms with Gasteiger partial charge in [0.15, 0.2) is 6.61 Å². The lowest BCUT2D eigenvalue weighted by molar-refractivity contribution is -0.143. The van der Waals surface area contributed by atoms with Crippen LogP contribution in [0.2, 0.25) is 10.0 Å². The molecule has 2 aromatic rings. The largest absolute Gasteiger partial charge is 0.497 e. The smallest absolute Gasteiger partial charge is 0.261 e. The highest BCUT2D eigenvalue weighted by atomic mass is 35.5. The molecule has 6 nitrogen and oxygen atoms in total. The number of benzene rings is 2. The fourth-order valence-electron chi connectivity index (χ4n) is 3.11. The Morgan fingerprint density at radius 3 is 2.12 bits per heavy atom. The third kappa shape index (κ3) is 7.04. The maximum Gasteiger partial charge on any atom is 0.261 e. The summed E-state index contributed by atoms with van der Waals surface area (Å²) >= 11 is 12.7. The lowest BCUT2D eigenvalue weighted by Crippen LogP contribution is -2.51. The summed E-state index contributed by atoms with van der Waals surface area (Å²) in [6.07, 6.45) is 1.21. The highest BCUT2D eigenvalue weighted by molar-refractivity contribution is 6.36. The Kier molecular flexibility index (Phi) is 10.1. The van der Waals surface area contributed by atoms with Crippen LogP contribution in [0.25, 0.3) is 0 Å². The highest BCUT2D eigenvalue weighted by Gasteiger charge is 2.30. The number of hydrogen-bond donors (Lipinski definition) is 1. The van der Waals surface area contributed by atoms with Crippen molar-refractivity contribution in [3.05, 3.63) is 58.1 Å². The zero-order valence-corrected chi connectivity index (χ0v) is 20.4. The summed E-state index contributed by atoms with van der Waals surface area (Å²) in [5.74, 6) is 0.643. The van der Waals surface area contributed by atoms with Gasteiger partial charge in [-0.3, -0.25) is 9.59 Å². The van der Waals surface area contributed by atoms with Crippen molar-refractivity contribution in [1.82, 2.24) is 10.2 Å². The van der Waals surface area contributed by atoms with Gasteiger partial charge in [-0.25, -0.2) is 0 Å². The van der Waals surface area contributed by atoms with E-state index in [1.54, 1.807) is 49.6 Å². The summed E-state index contributed by atoms with van der Waals surface area (Å²) < 4.78 is 10.8. The van der Waals surface area contributed by atoms with Crippen molar-refractivity contribution in [2.45, 2.75) is 52.2 Å². The van der Waals surface area contributed by atoms with Crippen LogP contribution < -0.4 is 14.8 Å². The molecule has 0 bridgehead atoms. The van der Waals surface area contributed by atoms with Gasteiger partial charge in [-0.15, -0.1) is 0 Å². The maximum absolute atomic E-state index is 13.2. The van der Waals surface area contributed by atoms with E-state index in [9.17, 15) is 9.59 Å². The normalized spacial score (nSPS) is 12.6. The molecule has 0 heterocycles. The van der Waals surface area contributed by atoms with Gasteiger partial charge in [0.25, 0.3) is 5.91 Å². The van der Waals surface area contributed by atoms with Gasteiger partial charge in [0.05, 0.1) is 7.11 Å². The molecule has 32 heavy (non-hydrogen) atoms. The van der Waals surface area contributed by atoms with Gasteiger partial charge in [-0.05, 0) is 56.2 Å². The number of nitrogens with one attached hydrogen (secondary N) is 1. The number of halogens is 2. The second-order valence-electron chi connectivity index (χ2n) is 7.43. The van der Waals surface area contributed by atoms with Crippen LogP contribution in [-0.4, -0.2) is 42.5 Å². The molecule has 0 aliphatic carbocycles. The molecule has 0 saturated heterocycles. The zero-order chi connectivity index (χ0) is 23.7. The van der Waals surface area contributed by atoms with E-state index in [-0.39, 0.29) is 31.0 Å². The van der Waals surface area contributed by atoms with E-state index >= 15 is 0 Å². The first-order valence-corrected chi connectivity index (χ1v) is 11.4. The van der Waals surface area contributed by atoms with Crippen LogP contribution in [-0.2, 0) is 16.1 Å². The number of amides is 2. The lowest BCUT2D eigenvalue weighted by Gasteiger charge is -2.31. The molecule has 2 aromatic carbocycles. The molecular formula is C24H30Cl2N2O4. The van der Waals surface area contributed by atoms with Crippen LogP contribution in [0.4, 0.5) is 0 Å². The Balaban J connectivity index is 2.26. The molecule has 0 fully saturated rings. The topological polar surface area (TPSA) is 67.9 Å². The molecule has 0 radical (unpaired) electrons. The van der Waals surface area contributed by atoms with Crippen molar-refractivity contribution in [2.24, 2.45) is 0 Å². The van der Waals surface area contributed by atoms with Crippen molar-refractivity contribution in [3.63, 3.8) is 0 Å². The standard InChI is InChI=1S/C24H30Cl2N2O4/c1-5-16(3)27-24(30)22(6-2)28(14-19-20(25)8-7-9-21(19)26)23(29)15-32-18-12-10-17(31-4)11-13-18/h7-13,16,22H,5-6,14-15H2,1-4H3,(H,27,30). The van der Waals surface area contributed by atoms with Crippen LogP contribution in [0.15, 0.2) is 42.5 Å². The molecule has 2 rings (SSSR count). The average Bonchev–Trinajstić information content (AvgIpc) is 2.79. The lowest BCUT2D eigenvalue weighted by atomic mass is 10.1. The van der Waals surface area contributed by atoms with Gasteiger partial charge in [0, 0.05) is 28.2 Å². The van der Waals surface area contributed by atoms with E-state index in [0.29, 0.717) is 33.5 Å². The molecule has 0 aliphatic heterocycles. The van der Waals surface area contributed by atoms with E-state index in [2.05, 4.69) is 5.32 Å². The van der Waals surface area contributed by atoms with E-state index in [4.69, 9.17) is 32.7 Å². The molecular weight excluding hydrogens is 451 g/mol. The fourth-order valence-corrected chi connectivity index (χ4v) is 3.63. The van der Waals surface area contributed by atoms with E-state index in [1.807, 2.05) is 20.8 Å². The van der Waals surface area contributed by atoms with Crippen molar-refractivity contribution in [2.75, 3.05) is 13.7 Å². The molecule has 8 heteroatoms. The highest BCUT2D eigenvalue weighted by Crippen LogP contribution is 2.27. The summed E-state index contributed by atoms with van der Waals surface area (Å²) in [4.78, 5) is 27.7. The predicted molar refractivity (Wildman–Crippen MR) is 127 cm³/mol. The van der Waals surface area contributed by atoms with Gasteiger partial charge in [-0.1, -0.05) is 43.1 Å². The fraction of sp³-hybridized carbons (Fsp3) is 0.417. The first kappa shape index (κ1) is 25.8. The molecule has 174 valence electrons. The van der Waals surface area contributed by atoms with Gasteiger partial charge in [-0.2, -0.15) is 0 Å². The molecule has 0 aliphatic rings. The van der Waals surface area contributed by atoms with Crippen molar-refractivity contribution >= 4 is 35.0 Å². The van der Waals surface area contributed by atoms with Crippen molar-refractivity contribution in [3.8, 4) is 11.5 Å². The third-order valence-electron chi connectivity index (χ3n) is 5.20. The number of rotatable bonds is 11. The Bertz CT molecular complexity index is 885. The van der Waals surface area contributed by atoms with Crippen LogP contribution in [0.1, 0.15) is 39.2 Å². The van der Waals surface area contributed by atoms with Crippen molar-refractivity contribution < 1.29 is 19.1 Å². The zero-order valence-electron chi connectivity index (χ0n) is 18.9. The van der Waals surface area contributed by atoms with Crippen molar-refractivity contribution in [1.29, 1.82) is 0 Å². The van der Waals surface area contributed by atoms with Crippen LogP contribution in [0.3, 0.4) is 0 Å². The molecule has 2 atom stereocenters. The summed E-state index contributed by atoms with van der Waals surface area (Å²) in [5, 5.41) is 3.83. The van der Waals surface area contributed by atoms with E-state index in [0.717, 1.165) is 6.42 Å². The summed E-state index contributed by atoms with van der Waals surface area (Å²) in [7, 11) is 1.58. The summed E-state index contributed by atoms with van der Waals surface area (Å²) in [6, 6.07) is 11.4. The monoisotopic (exact) mass is 480 g/mol. The van der Waals surface area contributed by atoms with Gasteiger partial charge < -0.3 is 19.7 Å². The summed E-state index contributed by atoms with van der Waals surface area (Å²) in [6.45, 7) is 5.63. The molecule has 0 saturated carbocycles. The van der Waals surface area contributed by atoms with Crippen LogP contribution in [0, 0.1) is 0 Å². The summed E-state index contributed by atoms with van der Waals surface area (Å²) in [5.41, 5.74) is 0.587. The minimum atomic E-state index is -0.691. The number of nitrogens with zero attached hydrogens (tertiary/aromatic N) is 1. The maximum atomic E-state index is 13.2. The Morgan fingerprint density at radius 1 is 1.00 bits per heavy atom. The predicted octanol–water partition coefficient (Wildman–Crippen LogP) is 5.10. The third-order valence-corrected chi connectivity index (χ3v) is 5.91. The quantitative estimate of drug-likeness (QED) is 0.485. The van der Waals surface area contributed by atoms with Crippen LogP contribution >= 0.6 is 23.2 Å². The Morgan fingerprint density at radius 2 is 1.59 bits per heavy atom. The molecule has 0 aromatic heterocycles. The number of ether oxygens (including phenoxy) is 2. The van der Waals surface area contributed by atoms with E-state index < -0.39 is 6.04 Å². The molecule has 1 N–H and O–H groups in total. The number of carbonyl (C=O) groups is 2. The minimum absolute atomic E-state index is 0.00653. The second-order valence-corrected chi connectivity index (χ2v) is 8.24. The number of hydrogen-bond acceptors (Lipinski definition) is 4.